The van der Waals surface area contributed by atoms with Crippen LogP contribution in [0.25, 0.3) is 0 Å². The van der Waals surface area contributed by atoms with Gasteiger partial charge in [0.15, 0.2) is 5.03 Å². The van der Waals surface area contributed by atoms with Gasteiger partial charge in [0.1, 0.15) is 5.75 Å². The van der Waals surface area contributed by atoms with E-state index >= 15 is 0 Å². The van der Waals surface area contributed by atoms with Crippen molar-refractivity contribution in [2.24, 2.45) is 13.0 Å². The monoisotopic (exact) mass is 675 g/mol. The number of amides is 2. The molecule has 0 radical (unpaired) electrons. The Morgan fingerprint density at radius 1 is 1.26 bits per heavy atom. The molecule has 0 fully saturated rings. The van der Waals surface area contributed by atoms with E-state index in [4.69, 9.17) is 9.47 Å². The minimum Gasteiger partial charge on any atom is -0.490 e. The summed E-state index contributed by atoms with van der Waals surface area (Å²) in [5.74, 6) is -1.40. The first kappa shape index (κ1) is 37.1. The Labute approximate surface area is 267 Å². The van der Waals surface area contributed by atoms with Crippen molar-refractivity contribution in [3.63, 3.8) is 0 Å². The van der Waals surface area contributed by atoms with Crippen LogP contribution in [0.4, 0.5) is 18.9 Å². The van der Waals surface area contributed by atoms with Crippen molar-refractivity contribution in [2.45, 2.75) is 82.3 Å². The molecule has 0 spiro atoms. The highest BCUT2D eigenvalue weighted by Gasteiger charge is 2.33. The number of aliphatic hydroxyl groups is 1. The number of halogens is 3. The number of nitrogens with one attached hydrogen (secondary N) is 1. The Kier molecular flexibility index (Phi) is 12.9. The number of fused-ring (bicyclic) bond motifs is 1. The molecule has 0 saturated carbocycles. The number of sulfonamides is 1. The minimum absolute atomic E-state index is 0.00292. The first-order valence-electron chi connectivity index (χ1n) is 15.2. The molecule has 0 aliphatic carbocycles. The smallest absolute Gasteiger partial charge is 0.389 e. The zero-order valence-corrected chi connectivity index (χ0v) is 27.6. The number of anilines is 1. The zero-order valence-electron chi connectivity index (χ0n) is 26.8. The molecule has 1 aliphatic heterocycles. The van der Waals surface area contributed by atoms with E-state index in [0.717, 1.165) is 0 Å². The number of carbonyl (C=O) groups excluding carboxylic acids is 2. The van der Waals surface area contributed by atoms with E-state index in [2.05, 4.69) is 9.71 Å². The number of aliphatic hydroxyl groups excluding tert-OH is 1. The molecule has 0 bridgehead atoms. The number of benzene rings is 1. The van der Waals surface area contributed by atoms with Crippen LogP contribution in [-0.2, 0) is 26.6 Å². The molecule has 1 aromatic heterocycles. The molecule has 2 heterocycles. The van der Waals surface area contributed by atoms with Crippen molar-refractivity contribution in [1.82, 2.24) is 19.4 Å². The van der Waals surface area contributed by atoms with Gasteiger partial charge in [-0.3, -0.25) is 14.3 Å². The molecule has 12 nitrogen and oxygen atoms in total. The summed E-state index contributed by atoms with van der Waals surface area (Å²) in [6.07, 6.45) is -2.67. The number of hydrogen-bond donors (Lipinski definition) is 2. The normalized spacial score (nSPS) is 21.1. The molecule has 46 heavy (non-hydrogen) atoms. The average molecular weight is 676 g/mol. The molecule has 2 amide bonds. The molecule has 2 N–H and O–H groups in total. The summed E-state index contributed by atoms with van der Waals surface area (Å²) >= 11 is 0. The van der Waals surface area contributed by atoms with Crippen LogP contribution in [0.2, 0.25) is 0 Å². The SMILES string of the molecule is C[C@@H]1CCCCO[C@@H](CN(C)C(=O)CCC(F)(F)F)[C@@H](C)CN([C@@H](C)CO)C(=O)c2cc(NS(=O)(=O)c3cn(C)cn3)ccc2O1. The van der Waals surface area contributed by atoms with Crippen LogP contribution in [0.15, 0.2) is 35.7 Å². The molecule has 0 saturated heterocycles. The Bertz CT molecular complexity index is 1440. The van der Waals surface area contributed by atoms with Crippen LogP contribution in [-0.4, -0.2) is 102 Å². The van der Waals surface area contributed by atoms with E-state index < -0.39 is 65.5 Å². The third kappa shape index (κ3) is 10.6. The first-order valence-corrected chi connectivity index (χ1v) is 16.6. The lowest BCUT2D eigenvalue weighted by Gasteiger charge is -2.36. The van der Waals surface area contributed by atoms with Crippen LogP contribution < -0.4 is 9.46 Å². The van der Waals surface area contributed by atoms with Gasteiger partial charge in [-0.05, 0) is 51.3 Å². The van der Waals surface area contributed by atoms with Gasteiger partial charge in [-0.2, -0.15) is 21.6 Å². The van der Waals surface area contributed by atoms with Crippen LogP contribution in [0.1, 0.15) is 63.2 Å². The van der Waals surface area contributed by atoms with Gasteiger partial charge >= 0.3 is 6.18 Å². The van der Waals surface area contributed by atoms with Gasteiger partial charge in [0.2, 0.25) is 5.91 Å². The quantitative estimate of drug-likeness (QED) is 0.409. The minimum atomic E-state index is -4.46. The van der Waals surface area contributed by atoms with Gasteiger partial charge in [0.05, 0.1) is 43.2 Å². The molecule has 258 valence electrons. The molecule has 2 aromatic rings. The van der Waals surface area contributed by atoms with Gasteiger partial charge in [-0.25, -0.2) is 4.98 Å². The fraction of sp³-hybridized carbons (Fsp3) is 0.633. The number of ether oxygens (including phenoxy) is 2. The Balaban J connectivity index is 1.95. The van der Waals surface area contributed by atoms with Crippen LogP contribution >= 0.6 is 0 Å². The first-order chi connectivity index (χ1) is 21.5. The van der Waals surface area contributed by atoms with E-state index in [-0.39, 0.29) is 41.2 Å². The fourth-order valence-electron chi connectivity index (χ4n) is 4.99. The van der Waals surface area contributed by atoms with Gasteiger partial charge < -0.3 is 28.9 Å². The van der Waals surface area contributed by atoms with Crippen molar-refractivity contribution in [3.8, 4) is 5.75 Å². The van der Waals surface area contributed by atoms with E-state index in [9.17, 15) is 36.3 Å². The lowest BCUT2D eigenvalue weighted by atomic mass is 10.0. The third-order valence-corrected chi connectivity index (χ3v) is 9.03. The molecular formula is C30H44F3N5O7S. The topological polar surface area (TPSA) is 143 Å². The lowest BCUT2D eigenvalue weighted by molar-refractivity contribution is -0.149. The number of rotatable bonds is 9. The summed E-state index contributed by atoms with van der Waals surface area (Å²) in [4.78, 5) is 33.2. The van der Waals surface area contributed by atoms with E-state index in [1.54, 1.807) is 20.9 Å². The summed E-state index contributed by atoms with van der Waals surface area (Å²) in [6.45, 7) is 5.28. The molecular weight excluding hydrogens is 631 g/mol. The number of nitrogens with zero attached hydrogens (tertiary/aromatic N) is 4. The highest BCUT2D eigenvalue weighted by Crippen LogP contribution is 2.29. The fourth-order valence-corrected chi connectivity index (χ4v) is 6.03. The maximum Gasteiger partial charge on any atom is 0.389 e. The number of imidazole rings is 1. The summed E-state index contributed by atoms with van der Waals surface area (Å²) in [6, 6.07) is 3.69. The number of carbonyl (C=O) groups is 2. The average Bonchev–Trinajstić information content (AvgIpc) is 3.44. The molecule has 0 unspecified atom stereocenters. The predicted molar refractivity (Wildman–Crippen MR) is 164 cm³/mol. The summed E-state index contributed by atoms with van der Waals surface area (Å²) < 4.78 is 80.4. The van der Waals surface area contributed by atoms with E-state index in [0.29, 0.717) is 25.9 Å². The molecule has 1 aliphatic rings. The van der Waals surface area contributed by atoms with Crippen LogP contribution in [0.5, 0.6) is 5.75 Å². The Morgan fingerprint density at radius 3 is 2.61 bits per heavy atom. The highest BCUT2D eigenvalue weighted by molar-refractivity contribution is 7.92. The number of hydrogen-bond acceptors (Lipinski definition) is 8. The summed E-state index contributed by atoms with van der Waals surface area (Å²) in [7, 11) is -1.03. The lowest BCUT2D eigenvalue weighted by Crippen LogP contribution is -2.48. The highest BCUT2D eigenvalue weighted by atomic mass is 32.2. The van der Waals surface area contributed by atoms with Crippen LogP contribution in [0.3, 0.4) is 0 Å². The Hall–Kier alpha value is -3.37. The van der Waals surface area contributed by atoms with Crippen molar-refractivity contribution in [2.75, 3.05) is 38.1 Å². The second-order valence-electron chi connectivity index (χ2n) is 11.9. The standard InChI is InChI=1S/C30H44F3N5O7S/c1-20-15-38(21(2)18-39)29(41)24-14-23(35-46(42,43)27-17-36(4)19-34-27)9-10-25(24)45-22(3)8-6-7-13-44-26(20)16-37(5)28(40)11-12-30(31,32)33/h9-10,14,17,19-22,26,35,39H,6-8,11-13,15-16,18H2,1-5H3/t20-,21-,22+,26-/m0/s1. The molecule has 16 heteroatoms. The summed E-state index contributed by atoms with van der Waals surface area (Å²) in [5, 5.41) is 9.89. The van der Waals surface area contributed by atoms with Crippen molar-refractivity contribution in [1.29, 1.82) is 0 Å². The van der Waals surface area contributed by atoms with Crippen LogP contribution in [0, 0.1) is 5.92 Å². The van der Waals surface area contributed by atoms with Crippen molar-refractivity contribution >= 4 is 27.5 Å². The molecule has 1 aromatic carbocycles. The maximum absolute atomic E-state index is 14.2. The van der Waals surface area contributed by atoms with Gasteiger partial charge in [0, 0.05) is 58.0 Å². The molecule has 3 rings (SSSR count). The van der Waals surface area contributed by atoms with Gasteiger partial charge in [-0.1, -0.05) is 6.92 Å². The van der Waals surface area contributed by atoms with Crippen molar-refractivity contribution < 1.29 is 45.8 Å². The van der Waals surface area contributed by atoms with E-state index in [1.807, 2.05) is 6.92 Å². The number of aromatic nitrogens is 2. The Morgan fingerprint density at radius 2 is 1.98 bits per heavy atom. The zero-order chi connectivity index (χ0) is 34.2. The van der Waals surface area contributed by atoms with E-state index in [1.165, 1.54) is 52.1 Å². The van der Waals surface area contributed by atoms with Gasteiger partial charge in [0.25, 0.3) is 15.9 Å². The van der Waals surface area contributed by atoms with Gasteiger partial charge in [-0.15, -0.1) is 0 Å². The van der Waals surface area contributed by atoms with Crippen molar-refractivity contribution in [3.05, 3.63) is 36.3 Å². The maximum atomic E-state index is 14.2. The summed E-state index contributed by atoms with van der Waals surface area (Å²) in [5.41, 5.74) is 0.162. The second-order valence-corrected chi connectivity index (χ2v) is 13.5. The molecule has 4 atom stereocenters. The predicted octanol–water partition coefficient (Wildman–Crippen LogP) is 3.82. The third-order valence-electron chi connectivity index (χ3n) is 7.76. The number of likely N-dealkylation sites (N-methyl/N-ethyl adjacent to an activating group) is 1. The largest absolute Gasteiger partial charge is 0.490 e. The number of alkyl halides is 3. The number of aryl methyl sites for hydroxylation is 1. The second kappa shape index (κ2) is 16.0.